The summed E-state index contributed by atoms with van der Waals surface area (Å²) in [6, 6.07) is 17.0. The van der Waals surface area contributed by atoms with Crippen LogP contribution in [0.3, 0.4) is 0 Å². The third-order valence-corrected chi connectivity index (χ3v) is 5.74. The number of hydrogen-bond acceptors (Lipinski definition) is 2. The first-order chi connectivity index (χ1) is 13.1. The van der Waals surface area contributed by atoms with E-state index in [1.165, 1.54) is 12.8 Å². The lowest BCUT2D eigenvalue weighted by Crippen LogP contribution is -2.36. The molecule has 1 N–H and O–H groups in total. The minimum absolute atomic E-state index is 0.00790. The number of nitrogens with one attached hydrogen (secondary N) is 1. The lowest BCUT2D eigenvalue weighted by atomic mass is 9.88. The maximum Gasteiger partial charge on any atom is 0.253 e. The van der Waals surface area contributed by atoms with Crippen molar-refractivity contribution in [3.8, 4) is 0 Å². The van der Waals surface area contributed by atoms with Crippen LogP contribution in [-0.2, 0) is 4.79 Å². The van der Waals surface area contributed by atoms with E-state index in [4.69, 9.17) is 11.6 Å². The van der Waals surface area contributed by atoms with Gasteiger partial charge in [-0.1, -0.05) is 48.0 Å². The molecule has 2 aromatic rings. The minimum Gasteiger partial charge on any atom is -0.356 e. The predicted octanol–water partition coefficient (Wildman–Crippen LogP) is 3.72. The van der Waals surface area contributed by atoms with Gasteiger partial charge in [-0.15, -0.1) is 0 Å². The summed E-state index contributed by atoms with van der Waals surface area (Å²) in [7, 11) is 0. The zero-order chi connectivity index (χ0) is 18.8. The van der Waals surface area contributed by atoms with Gasteiger partial charge in [-0.2, -0.15) is 0 Å². The van der Waals surface area contributed by atoms with Gasteiger partial charge in [0.15, 0.2) is 0 Å². The Morgan fingerprint density at radius 1 is 1.04 bits per heavy atom. The summed E-state index contributed by atoms with van der Waals surface area (Å²) in [5.41, 5.74) is 1.67. The van der Waals surface area contributed by atoms with E-state index in [1.807, 2.05) is 30.3 Å². The Morgan fingerprint density at radius 2 is 1.81 bits per heavy atom. The summed E-state index contributed by atoms with van der Waals surface area (Å²) in [6.45, 7) is 1.72. The normalized spacial score (nSPS) is 21.9. The summed E-state index contributed by atoms with van der Waals surface area (Å²) in [5.74, 6) is 0.394. The van der Waals surface area contributed by atoms with Gasteiger partial charge in [-0.3, -0.25) is 9.59 Å². The zero-order valence-corrected chi connectivity index (χ0v) is 15.9. The molecule has 2 amide bonds. The van der Waals surface area contributed by atoms with Crippen LogP contribution >= 0.6 is 11.6 Å². The van der Waals surface area contributed by atoms with Crippen molar-refractivity contribution >= 4 is 23.4 Å². The standard InChI is InChI=1S/C22H23ClN2O2/c23-18-8-4-7-17(11-18)22(27)25-13-19(16-5-2-1-3-6-16)20(14-25)21(26)24-12-15-9-10-15/h1-8,11,15,19-20H,9-10,12-14H2,(H,24,26)/t19-,20+/m0/s1. The van der Waals surface area contributed by atoms with E-state index in [-0.39, 0.29) is 23.7 Å². The molecular weight excluding hydrogens is 360 g/mol. The second kappa shape index (κ2) is 7.73. The fourth-order valence-corrected chi connectivity index (χ4v) is 3.97. The first-order valence-corrected chi connectivity index (χ1v) is 9.87. The fraction of sp³-hybridized carbons (Fsp3) is 0.364. The number of benzene rings is 2. The fourth-order valence-electron chi connectivity index (χ4n) is 3.78. The van der Waals surface area contributed by atoms with Crippen LogP contribution in [0.5, 0.6) is 0 Å². The molecule has 0 aromatic heterocycles. The number of carbonyl (C=O) groups excluding carboxylic acids is 2. The number of rotatable bonds is 5. The number of carbonyl (C=O) groups is 2. The van der Waals surface area contributed by atoms with E-state index < -0.39 is 0 Å². The van der Waals surface area contributed by atoms with Crippen LogP contribution in [0.2, 0.25) is 5.02 Å². The van der Waals surface area contributed by atoms with Crippen LogP contribution in [-0.4, -0.2) is 36.3 Å². The van der Waals surface area contributed by atoms with Gasteiger partial charge in [0.1, 0.15) is 0 Å². The molecule has 1 aliphatic heterocycles. The van der Waals surface area contributed by atoms with Crippen molar-refractivity contribution in [3.63, 3.8) is 0 Å². The number of hydrogen-bond donors (Lipinski definition) is 1. The van der Waals surface area contributed by atoms with Crippen LogP contribution < -0.4 is 5.32 Å². The van der Waals surface area contributed by atoms with Gasteiger partial charge >= 0.3 is 0 Å². The van der Waals surface area contributed by atoms with Gasteiger partial charge in [0, 0.05) is 36.1 Å². The van der Waals surface area contributed by atoms with Crippen molar-refractivity contribution in [3.05, 3.63) is 70.7 Å². The zero-order valence-electron chi connectivity index (χ0n) is 15.1. The average molecular weight is 383 g/mol. The van der Waals surface area contributed by atoms with Gasteiger partial charge in [0.05, 0.1) is 5.92 Å². The van der Waals surface area contributed by atoms with E-state index >= 15 is 0 Å². The molecule has 1 aliphatic carbocycles. The molecule has 2 atom stereocenters. The second-order valence-electron chi connectivity index (χ2n) is 7.53. The quantitative estimate of drug-likeness (QED) is 0.856. The molecule has 2 fully saturated rings. The van der Waals surface area contributed by atoms with E-state index in [1.54, 1.807) is 29.2 Å². The van der Waals surface area contributed by atoms with E-state index in [9.17, 15) is 9.59 Å². The molecule has 0 spiro atoms. The molecule has 140 valence electrons. The minimum atomic E-state index is -0.228. The highest BCUT2D eigenvalue weighted by Gasteiger charge is 2.40. The summed E-state index contributed by atoms with van der Waals surface area (Å²) in [6.07, 6.45) is 2.40. The Morgan fingerprint density at radius 3 is 2.52 bits per heavy atom. The first kappa shape index (κ1) is 18.1. The van der Waals surface area contributed by atoms with Crippen molar-refractivity contribution in [2.24, 2.45) is 11.8 Å². The number of likely N-dealkylation sites (tertiary alicyclic amines) is 1. The van der Waals surface area contributed by atoms with Crippen molar-refractivity contribution < 1.29 is 9.59 Å². The summed E-state index contributed by atoms with van der Waals surface area (Å²) < 4.78 is 0. The van der Waals surface area contributed by atoms with Crippen molar-refractivity contribution in [2.45, 2.75) is 18.8 Å². The molecule has 0 unspecified atom stereocenters. The monoisotopic (exact) mass is 382 g/mol. The number of nitrogens with zero attached hydrogens (tertiary/aromatic N) is 1. The summed E-state index contributed by atoms with van der Waals surface area (Å²) in [4.78, 5) is 27.6. The van der Waals surface area contributed by atoms with E-state index in [0.717, 1.165) is 12.1 Å². The van der Waals surface area contributed by atoms with Gasteiger partial charge in [-0.25, -0.2) is 0 Å². The Hall–Kier alpha value is -2.33. The molecule has 2 aliphatic rings. The van der Waals surface area contributed by atoms with Crippen molar-refractivity contribution in [1.82, 2.24) is 10.2 Å². The molecule has 4 rings (SSSR count). The summed E-state index contributed by atoms with van der Waals surface area (Å²) >= 11 is 6.04. The van der Waals surface area contributed by atoms with E-state index in [2.05, 4.69) is 5.32 Å². The van der Waals surface area contributed by atoms with Gasteiger partial charge in [0.2, 0.25) is 5.91 Å². The topological polar surface area (TPSA) is 49.4 Å². The largest absolute Gasteiger partial charge is 0.356 e. The van der Waals surface area contributed by atoms with Gasteiger partial charge in [-0.05, 0) is 42.5 Å². The molecule has 27 heavy (non-hydrogen) atoms. The Balaban J connectivity index is 1.54. The predicted molar refractivity (Wildman–Crippen MR) is 106 cm³/mol. The van der Waals surface area contributed by atoms with Crippen molar-refractivity contribution in [1.29, 1.82) is 0 Å². The highest BCUT2D eigenvalue weighted by atomic mass is 35.5. The van der Waals surface area contributed by atoms with Gasteiger partial charge < -0.3 is 10.2 Å². The molecule has 1 heterocycles. The van der Waals surface area contributed by atoms with Crippen LogP contribution in [0, 0.1) is 11.8 Å². The summed E-state index contributed by atoms with van der Waals surface area (Å²) in [5, 5.41) is 3.64. The maximum atomic E-state index is 13.0. The third kappa shape index (κ3) is 4.16. The van der Waals surface area contributed by atoms with Crippen LogP contribution in [0.4, 0.5) is 0 Å². The molecule has 1 saturated heterocycles. The highest BCUT2D eigenvalue weighted by molar-refractivity contribution is 6.30. The molecule has 0 bridgehead atoms. The van der Waals surface area contributed by atoms with Crippen LogP contribution in [0.1, 0.15) is 34.7 Å². The van der Waals surface area contributed by atoms with E-state index in [0.29, 0.717) is 29.6 Å². The molecular formula is C22H23ClN2O2. The molecule has 0 radical (unpaired) electrons. The molecule has 4 nitrogen and oxygen atoms in total. The highest BCUT2D eigenvalue weighted by Crippen LogP contribution is 2.34. The number of halogens is 1. The van der Waals surface area contributed by atoms with Crippen LogP contribution in [0.25, 0.3) is 0 Å². The molecule has 5 heteroatoms. The third-order valence-electron chi connectivity index (χ3n) is 5.51. The SMILES string of the molecule is O=C(NCC1CC1)[C@@H]1CN(C(=O)c2cccc(Cl)c2)C[C@H]1c1ccccc1. The Bertz CT molecular complexity index is 835. The Kier molecular flexibility index (Phi) is 5.17. The van der Waals surface area contributed by atoms with Gasteiger partial charge in [0.25, 0.3) is 5.91 Å². The smallest absolute Gasteiger partial charge is 0.253 e. The van der Waals surface area contributed by atoms with Crippen molar-refractivity contribution in [2.75, 3.05) is 19.6 Å². The second-order valence-corrected chi connectivity index (χ2v) is 7.97. The number of amides is 2. The molecule has 2 aromatic carbocycles. The molecule has 1 saturated carbocycles. The van der Waals surface area contributed by atoms with Crippen LogP contribution in [0.15, 0.2) is 54.6 Å². The lowest BCUT2D eigenvalue weighted by molar-refractivity contribution is -0.125. The maximum absolute atomic E-state index is 13.0. The average Bonchev–Trinajstić information content (AvgIpc) is 3.42. The lowest BCUT2D eigenvalue weighted by Gasteiger charge is -2.18. The first-order valence-electron chi connectivity index (χ1n) is 9.49. The Labute approximate surface area is 164 Å².